The Morgan fingerprint density at radius 3 is 3.00 bits per heavy atom. The SMILES string of the molecule is N#Cc1cccc(OBO)c1. The van der Waals surface area contributed by atoms with Crippen LogP contribution < -0.4 is 4.65 Å². The molecule has 1 aromatic rings. The molecule has 0 aliphatic carbocycles. The van der Waals surface area contributed by atoms with Crippen LogP contribution in [0, 0.1) is 11.3 Å². The first-order chi connectivity index (χ1) is 5.36. The second kappa shape index (κ2) is 3.64. The molecule has 0 atom stereocenters. The minimum Gasteiger partial charge on any atom is -0.539 e. The Balaban J connectivity index is 2.85. The largest absolute Gasteiger partial charge is 0.539 e. The van der Waals surface area contributed by atoms with Crippen molar-refractivity contribution in [3.05, 3.63) is 29.8 Å². The molecule has 0 amide bonds. The van der Waals surface area contributed by atoms with E-state index in [0.717, 1.165) is 0 Å². The summed E-state index contributed by atoms with van der Waals surface area (Å²) >= 11 is 0. The highest BCUT2D eigenvalue weighted by Gasteiger charge is 1.94. The monoisotopic (exact) mass is 147 g/mol. The van der Waals surface area contributed by atoms with Crippen molar-refractivity contribution in [1.29, 1.82) is 5.26 Å². The third-order valence-corrected chi connectivity index (χ3v) is 1.19. The lowest BCUT2D eigenvalue weighted by Crippen LogP contribution is -1.99. The molecule has 1 rings (SSSR count). The quantitative estimate of drug-likeness (QED) is 0.607. The summed E-state index contributed by atoms with van der Waals surface area (Å²) in [6.07, 6.45) is 0. The Hall–Kier alpha value is -1.47. The van der Waals surface area contributed by atoms with Gasteiger partial charge in [0.1, 0.15) is 5.75 Å². The molecule has 0 saturated carbocycles. The molecular weight excluding hydrogens is 141 g/mol. The van der Waals surface area contributed by atoms with Gasteiger partial charge in [-0.25, -0.2) is 0 Å². The van der Waals surface area contributed by atoms with Gasteiger partial charge in [-0.2, -0.15) is 5.26 Å². The molecule has 4 heteroatoms. The molecule has 0 saturated heterocycles. The van der Waals surface area contributed by atoms with Crippen LogP contribution in [-0.2, 0) is 0 Å². The van der Waals surface area contributed by atoms with Crippen molar-refractivity contribution in [3.63, 3.8) is 0 Å². The van der Waals surface area contributed by atoms with Crippen LogP contribution >= 0.6 is 0 Å². The number of nitrogens with zero attached hydrogens (tertiary/aromatic N) is 1. The van der Waals surface area contributed by atoms with Crippen molar-refractivity contribution in [2.75, 3.05) is 0 Å². The maximum atomic E-state index is 8.46. The van der Waals surface area contributed by atoms with Crippen LogP contribution in [0.1, 0.15) is 5.56 Å². The van der Waals surface area contributed by atoms with Gasteiger partial charge in [0.2, 0.25) is 0 Å². The van der Waals surface area contributed by atoms with Crippen molar-refractivity contribution < 1.29 is 9.68 Å². The van der Waals surface area contributed by atoms with E-state index in [9.17, 15) is 0 Å². The van der Waals surface area contributed by atoms with E-state index in [4.69, 9.17) is 14.9 Å². The van der Waals surface area contributed by atoms with E-state index in [1.54, 1.807) is 24.3 Å². The number of benzene rings is 1. The molecule has 0 heterocycles. The van der Waals surface area contributed by atoms with Gasteiger partial charge in [-0.05, 0) is 18.2 Å². The molecule has 0 aliphatic heterocycles. The fourth-order valence-corrected chi connectivity index (χ4v) is 0.730. The van der Waals surface area contributed by atoms with E-state index in [2.05, 4.69) is 0 Å². The molecule has 0 radical (unpaired) electrons. The molecule has 0 unspecified atom stereocenters. The van der Waals surface area contributed by atoms with E-state index < -0.39 is 0 Å². The van der Waals surface area contributed by atoms with Gasteiger partial charge >= 0.3 is 7.69 Å². The average molecular weight is 147 g/mol. The van der Waals surface area contributed by atoms with Crippen LogP contribution in [0.5, 0.6) is 5.75 Å². The Labute approximate surface area is 65.2 Å². The van der Waals surface area contributed by atoms with Crippen LogP contribution in [0.3, 0.4) is 0 Å². The zero-order valence-electron chi connectivity index (χ0n) is 5.82. The van der Waals surface area contributed by atoms with Gasteiger partial charge in [0.15, 0.2) is 0 Å². The summed E-state index contributed by atoms with van der Waals surface area (Å²) < 4.78 is 4.75. The van der Waals surface area contributed by atoms with Crippen molar-refractivity contribution in [2.24, 2.45) is 0 Å². The predicted molar refractivity (Wildman–Crippen MR) is 41.2 cm³/mol. The van der Waals surface area contributed by atoms with E-state index in [1.165, 1.54) is 0 Å². The first kappa shape index (κ1) is 7.64. The smallest absolute Gasteiger partial charge is 0.504 e. The fraction of sp³-hybridized carbons (Fsp3) is 0. The van der Waals surface area contributed by atoms with Crippen LogP contribution in [0.15, 0.2) is 24.3 Å². The van der Waals surface area contributed by atoms with E-state index in [0.29, 0.717) is 11.3 Å². The molecule has 3 nitrogen and oxygen atoms in total. The van der Waals surface area contributed by atoms with Gasteiger partial charge in [0.05, 0.1) is 11.6 Å². The Kier molecular flexibility index (Phi) is 2.53. The van der Waals surface area contributed by atoms with Crippen LogP contribution in [0.2, 0.25) is 0 Å². The van der Waals surface area contributed by atoms with Gasteiger partial charge in [0.25, 0.3) is 0 Å². The molecule has 1 N–H and O–H groups in total. The summed E-state index contributed by atoms with van der Waals surface area (Å²) in [7, 11) is -0.366. The number of nitriles is 1. The molecule has 11 heavy (non-hydrogen) atoms. The number of hydrogen-bond acceptors (Lipinski definition) is 3. The molecular formula is C7H6BNO2. The lowest BCUT2D eigenvalue weighted by molar-refractivity contribution is 0.454. The maximum absolute atomic E-state index is 8.46. The standard InChI is InChI=1S/C7H6BNO2/c9-5-6-2-1-3-7(4-6)11-8-10/h1-4,8,10H. The highest BCUT2D eigenvalue weighted by atomic mass is 16.5. The minimum absolute atomic E-state index is 0.366. The summed E-state index contributed by atoms with van der Waals surface area (Å²) in [4.78, 5) is 0. The number of hydrogen-bond donors (Lipinski definition) is 1. The average Bonchev–Trinajstić information content (AvgIpc) is 2.06. The molecule has 0 aliphatic rings. The lowest BCUT2D eigenvalue weighted by atomic mass is 10.2. The third-order valence-electron chi connectivity index (χ3n) is 1.19. The Bertz CT molecular complexity index is 282. The van der Waals surface area contributed by atoms with Crippen molar-refractivity contribution in [1.82, 2.24) is 0 Å². The first-order valence-electron chi connectivity index (χ1n) is 3.10. The normalized spacial score (nSPS) is 8.36. The second-order valence-electron chi connectivity index (χ2n) is 1.91. The molecule has 0 spiro atoms. The molecule has 0 aromatic heterocycles. The summed E-state index contributed by atoms with van der Waals surface area (Å²) in [5.74, 6) is 0.506. The van der Waals surface area contributed by atoms with Gasteiger partial charge in [0, 0.05) is 0 Å². The van der Waals surface area contributed by atoms with Gasteiger partial charge in [-0.15, -0.1) is 0 Å². The van der Waals surface area contributed by atoms with Crippen molar-refractivity contribution in [3.8, 4) is 11.8 Å². The third kappa shape index (κ3) is 1.99. The highest BCUT2D eigenvalue weighted by molar-refractivity contribution is 6.17. The van der Waals surface area contributed by atoms with Crippen LogP contribution in [-0.4, -0.2) is 12.7 Å². The maximum Gasteiger partial charge on any atom is 0.504 e. The summed E-state index contributed by atoms with van der Waals surface area (Å²) in [5.41, 5.74) is 0.524. The van der Waals surface area contributed by atoms with E-state index in [-0.39, 0.29) is 7.69 Å². The summed E-state index contributed by atoms with van der Waals surface area (Å²) in [6.45, 7) is 0. The fourth-order valence-electron chi connectivity index (χ4n) is 0.730. The molecule has 0 fully saturated rings. The Morgan fingerprint density at radius 2 is 2.36 bits per heavy atom. The molecule has 1 aromatic carbocycles. The lowest BCUT2D eigenvalue weighted by Gasteiger charge is -1.99. The first-order valence-corrected chi connectivity index (χ1v) is 3.10. The predicted octanol–water partition coefficient (Wildman–Crippen LogP) is 0.196. The molecule has 0 bridgehead atoms. The highest BCUT2D eigenvalue weighted by Crippen LogP contribution is 2.11. The topological polar surface area (TPSA) is 53.2 Å². The zero-order chi connectivity index (χ0) is 8.10. The van der Waals surface area contributed by atoms with Crippen LogP contribution in [0.25, 0.3) is 0 Å². The number of rotatable bonds is 2. The Morgan fingerprint density at radius 1 is 1.55 bits per heavy atom. The van der Waals surface area contributed by atoms with Crippen LogP contribution in [0.4, 0.5) is 0 Å². The van der Waals surface area contributed by atoms with E-state index in [1.807, 2.05) is 6.07 Å². The summed E-state index contributed by atoms with van der Waals surface area (Å²) in [6, 6.07) is 8.58. The zero-order valence-corrected chi connectivity index (χ0v) is 5.82. The van der Waals surface area contributed by atoms with E-state index >= 15 is 0 Å². The summed E-state index contributed by atoms with van der Waals surface area (Å²) in [5, 5.41) is 16.8. The van der Waals surface area contributed by atoms with Gasteiger partial charge in [-0.3, -0.25) is 0 Å². The van der Waals surface area contributed by atoms with Crippen molar-refractivity contribution >= 4 is 7.69 Å². The molecule has 54 valence electrons. The van der Waals surface area contributed by atoms with Crippen molar-refractivity contribution in [2.45, 2.75) is 0 Å². The minimum atomic E-state index is -0.366. The second-order valence-corrected chi connectivity index (χ2v) is 1.91. The van der Waals surface area contributed by atoms with Gasteiger partial charge < -0.3 is 9.68 Å². The van der Waals surface area contributed by atoms with Gasteiger partial charge in [-0.1, -0.05) is 6.07 Å².